The van der Waals surface area contributed by atoms with E-state index in [-0.39, 0.29) is 5.82 Å². The minimum absolute atomic E-state index is 0.170. The second kappa shape index (κ2) is 7.20. The number of benzene rings is 1. The van der Waals surface area contributed by atoms with E-state index >= 15 is 0 Å². The number of nitrogen functional groups attached to an aromatic ring is 1. The largest absolute Gasteiger partial charge is 0.380 e. The number of aryl methyl sites for hydroxylation is 1. The van der Waals surface area contributed by atoms with Crippen LogP contribution in [0.25, 0.3) is 11.1 Å². The van der Waals surface area contributed by atoms with E-state index in [2.05, 4.69) is 12.1 Å². The highest BCUT2D eigenvalue weighted by Crippen LogP contribution is 2.31. The minimum atomic E-state index is -0.639. The first-order valence-electron chi connectivity index (χ1n) is 7.32. The molecule has 1 heterocycles. The summed E-state index contributed by atoms with van der Waals surface area (Å²) in [6, 6.07) is 3.32. The van der Waals surface area contributed by atoms with Crippen LogP contribution in [-0.2, 0) is 6.42 Å². The summed E-state index contributed by atoms with van der Waals surface area (Å²) in [6.07, 6.45) is 6.26. The van der Waals surface area contributed by atoms with E-state index in [1.54, 1.807) is 0 Å². The maximum absolute atomic E-state index is 13.3. The van der Waals surface area contributed by atoms with E-state index in [0.717, 1.165) is 18.9 Å². The molecule has 21 heavy (non-hydrogen) atoms. The van der Waals surface area contributed by atoms with Crippen molar-refractivity contribution in [2.75, 3.05) is 5.73 Å². The van der Waals surface area contributed by atoms with Gasteiger partial charge in [-0.1, -0.05) is 37.8 Å². The maximum atomic E-state index is 13.3. The first-order chi connectivity index (χ1) is 10.1. The molecule has 0 atom stereocenters. The van der Waals surface area contributed by atoms with Gasteiger partial charge in [0.1, 0.15) is 17.4 Å². The zero-order valence-electron chi connectivity index (χ0n) is 12.2. The molecule has 3 nitrogen and oxygen atoms in total. The zero-order chi connectivity index (χ0) is 15.2. The van der Waals surface area contributed by atoms with Crippen LogP contribution in [0.3, 0.4) is 0 Å². The van der Waals surface area contributed by atoms with Crippen LogP contribution >= 0.6 is 0 Å². The van der Waals surface area contributed by atoms with Crippen molar-refractivity contribution < 1.29 is 13.3 Å². The SMILES string of the molecule is CCCCCCCc1onc(N)c1-c1cc(F)cc(F)c1. The van der Waals surface area contributed by atoms with E-state index in [0.29, 0.717) is 23.3 Å². The van der Waals surface area contributed by atoms with Gasteiger partial charge >= 0.3 is 0 Å². The highest BCUT2D eigenvalue weighted by molar-refractivity contribution is 5.75. The van der Waals surface area contributed by atoms with Crippen LogP contribution in [0.2, 0.25) is 0 Å². The number of hydrogen-bond acceptors (Lipinski definition) is 3. The Bertz CT molecular complexity index is 576. The molecule has 114 valence electrons. The number of unbranched alkanes of at least 4 members (excludes halogenated alkanes) is 4. The molecule has 2 aromatic rings. The van der Waals surface area contributed by atoms with E-state index in [4.69, 9.17) is 10.3 Å². The first kappa shape index (κ1) is 15.5. The molecule has 5 heteroatoms. The molecule has 0 unspecified atom stereocenters. The molecule has 0 saturated carbocycles. The predicted molar refractivity (Wildman–Crippen MR) is 78.7 cm³/mol. The fourth-order valence-electron chi connectivity index (χ4n) is 2.41. The molecule has 0 saturated heterocycles. The van der Waals surface area contributed by atoms with Gasteiger partial charge in [-0.15, -0.1) is 0 Å². The second-order valence-electron chi connectivity index (χ2n) is 5.19. The maximum Gasteiger partial charge on any atom is 0.175 e. The molecular weight excluding hydrogens is 274 g/mol. The van der Waals surface area contributed by atoms with Crippen LogP contribution in [0.15, 0.2) is 22.7 Å². The summed E-state index contributed by atoms with van der Waals surface area (Å²) in [6.45, 7) is 2.16. The standard InChI is InChI=1S/C16H20F2N2O/c1-2-3-4-5-6-7-14-15(16(19)20-21-14)11-8-12(17)10-13(18)9-11/h8-10H,2-7H2,1H3,(H2,19,20). The normalized spacial score (nSPS) is 11.0. The van der Waals surface area contributed by atoms with Crippen molar-refractivity contribution in [3.8, 4) is 11.1 Å². The molecular formula is C16H20F2N2O. The summed E-state index contributed by atoms with van der Waals surface area (Å²) >= 11 is 0. The van der Waals surface area contributed by atoms with Crippen LogP contribution in [-0.4, -0.2) is 5.16 Å². The fourth-order valence-corrected chi connectivity index (χ4v) is 2.41. The fraction of sp³-hybridized carbons (Fsp3) is 0.438. The third kappa shape index (κ3) is 4.03. The van der Waals surface area contributed by atoms with E-state index < -0.39 is 11.6 Å². The summed E-state index contributed by atoms with van der Waals surface area (Å²) in [5.41, 5.74) is 6.65. The summed E-state index contributed by atoms with van der Waals surface area (Å²) in [7, 11) is 0. The molecule has 0 spiro atoms. The summed E-state index contributed by atoms with van der Waals surface area (Å²) in [5, 5.41) is 3.73. The van der Waals surface area contributed by atoms with Crippen LogP contribution in [0.5, 0.6) is 0 Å². The number of nitrogens with two attached hydrogens (primary N) is 1. The minimum Gasteiger partial charge on any atom is -0.380 e. The molecule has 0 radical (unpaired) electrons. The Morgan fingerprint density at radius 3 is 2.38 bits per heavy atom. The lowest BCUT2D eigenvalue weighted by Crippen LogP contribution is -1.93. The molecule has 0 bridgehead atoms. The topological polar surface area (TPSA) is 52.0 Å². The third-order valence-corrected chi connectivity index (χ3v) is 3.45. The van der Waals surface area contributed by atoms with Crippen LogP contribution < -0.4 is 5.73 Å². The van der Waals surface area contributed by atoms with Gasteiger partial charge in [0, 0.05) is 12.5 Å². The van der Waals surface area contributed by atoms with E-state index in [1.807, 2.05) is 0 Å². The Kier molecular flexibility index (Phi) is 5.31. The van der Waals surface area contributed by atoms with Crippen LogP contribution in [0.4, 0.5) is 14.6 Å². The number of rotatable bonds is 7. The van der Waals surface area contributed by atoms with E-state index in [9.17, 15) is 8.78 Å². The average Bonchev–Trinajstić information content (AvgIpc) is 2.78. The average molecular weight is 294 g/mol. The van der Waals surface area contributed by atoms with Crippen molar-refractivity contribution in [2.24, 2.45) is 0 Å². The molecule has 1 aromatic carbocycles. The lowest BCUT2D eigenvalue weighted by molar-refractivity contribution is 0.381. The zero-order valence-corrected chi connectivity index (χ0v) is 12.2. The van der Waals surface area contributed by atoms with Crippen molar-refractivity contribution in [2.45, 2.75) is 45.4 Å². The highest BCUT2D eigenvalue weighted by atomic mass is 19.1. The molecule has 0 aliphatic carbocycles. The first-order valence-corrected chi connectivity index (χ1v) is 7.32. The van der Waals surface area contributed by atoms with Crippen molar-refractivity contribution in [3.63, 3.8) is 0 Å². The Labute approximate surface area is 123 Å². The molecule has 2 rings (SSSR count). The molecule has 0 aliphatic rings. The Balaban J connectivity index is 2.14. The Morgan fingerprint density at radius 2 is 1.71 bits per heavy atom. The number of hydrogen-bond donors (Lipinski definition) is 1. The smallest absolute Gasteiger partial charge is 0.175 e. The molecule has 0 amide bonds. The van der Waals surface area contributed by atoms with Gasteiger partial charge in [0.2, 0.25) is 0 Å². The van der Waals surface area contributed by atoms with Gasteiger partial charge in [0.05, 0.1) is 5.56 Å². The third-order valence-electron chi connectivity index (χ3n) is 3.45. The monoisotopic (exact) mass is 294 g/mol. The summed E-state index contributed by atoms with van der Waals surface area (Å²) < 4.78 is 31.9. The quantitative estimate of drug-likeness (QED) is 0.752. The van der Waals surface area contributed by atoms with Crippen LogP contribution in [0.1, 0.15) is 44.8 Å². The van der Waals surface area contributed by atoms with Gasteiger partial charge in [-0.05, 0) is 24.1 Å². The lowest BCUT2D eigenvalue weighted by Gasteiger charge is -2.04. The predicted octanol–water partition coefficient (Wildman–Crippen LogP) is 4.71. The van der Waals surface area contributed by atoms with Gasteiger partial charge < -0.3 is 10.3 Å². The lowest BCUT2D eigenvalue weighted by atomic mass is 10.0. The number of aromatic nitrogens is 1. The number of nitrogens with zero attached hydrogens (tertiary/aromatic N) is 1. The molecule has 1 aromatic heterocycles. The van der Waals surface area contributed by atoms with Gasteiger partial charge in [-0.2, -0.15) is 0 Å². The van der Waals surface area contributed by atoms with E-state index in [1.165, 1.54) is 31.4 Å². The summed E-state index contributed by atoms with van der Waals surface area (Å²) in [4.78, 5) is 0. The summed E-state index contributed by atoms with van der Waals surface area (Å²) in [5.74, 6) is -0.517. The van der Waals surface area contributed by atoms with Crippen molar-refractivity contribution in [1.82, 2.24) is 5.16 Å². The van der Waals surface area contributed by atoms with Crippen molar-refractivity contribution >= 4 is 5.82 Å². The van der Waals surface area contributed by atoms with Crippen LogP contribution in [0, 0.1) is 11.6 Å². The second-order valence-corrected chi connectivity index (χ2v) is 5.19. The molecule has 0 fully saturated rings. The van der Waals surface area contributed by atoms with Crippen molar-refractivity contribution in [1.29, 1.82) is 0 Å². The highest BCUT2D eigenvalue weighted by Gasteiger charge is 2.17. The molecule has 2 N–H and O–H groups in total. The van der Waals surface area contributed by atoms with Crippen molar-refractivity contribution in [3.05, 3.63) is 35.6 Å². The van der Waals surface area contributed by atoms with Gasteiger partial charge in [0.25, 0.3) is 0 Å². The molecule has 0 aliphatic heterocycles. The Morgan fingerprint density at radius 1 is 1.05 bits per heavy atom. The van der Waals surface area contributed by atoms with Gasteiger partial charge in [0.15, 0.2) is 5.82 Å². The number of anilines is 1. The van der Waals surface area contributed by atoms with Gasteiger partial charge in [-0.3, -0.25) is 0 Å². The number of halogens is 2. The van der Waals surface area contributed by atoms with Gasteiger partial charge in [-0.25, -0.2) is 8.78 Å². The Hall–Kier alpha value is -1.91.